The van der Waals surface area contributed by atoms with E-state index < -0.39 is 5.03 Å². The zero-order valence-electron chi connectivity index (χ0n) is 9.09. The lowest BCUT2D eigenvalue weighted by atomic mass is 10.1. The maximum Gasteiger partial charge on any atom is 0.190 e. The molecule has 1 aromatic rings. The lowest BCUT2D eigenvalue weighted by molar-refractivity contribution is -0.445. The predicted molar refractivity (Wildman–Crippen MR) is 59.5 cm³/mol. The van der Waals surface area contributed by atoms with Gasteiger partial charge < -0.3 is 0 Å². The van der Waals surface area contributed by atoms with Gasteiger partial charge in [0, 0.05) is 12.2 Å². The summed E-state index contributed by atoms with van der Waals surface area (Å²) in [4.78, 5) is 16.5. The van der Waals surface area contributed by atoms with Crippen molar-refractivity contribution in [1.82, 2.24) is 9.88 Å². The van der Waals surface area contributed by atoms with Gasteiger partial charge >= 0.3 is 0 Å². The number of hydrogen-bond acceptors (Lipinski definition) is 4. The largest absolute Gasteiger partial charge is 0.299 e. The molecule has 2 heterocycles. The molecule has 0 radical (unpaired) electrons. The van der Waals surface area contributed by atoms with E-state index in [0.717, 1.165) is 18.5 Å². The molecule has 1 unspecified atom stereocenters. The van der Waals surface area contributed by atoms with Crippen molar-refractivity contribution < 1.29 is 5.03 Å². The second-order valence-electron chi connectivity index (χ2n) is 3.98. The van der Waals surface area contributed by atoms with Gasteiger partial charge in [-0.15, -0.1) is 0 Å². The van der Waals surface area contributed by atoms with E-state index in [1.54, 1.807) is 12.3 Å². The van der Waals surface area contributed by atoms with Crippen molar-refractivity contribution in [3.8, 4) is 0 Å². The molecule has 1 fully saturated rings. The molecule has 86 valence electrons. The van der Waals surface area contributed by atoms with Gasteiger partial charge in [-0.2, -0.15) is 0 Å². The first-order valence-corrected chi connectivity index (χ1v) is 5.24. The third kappa shape index (κ3) is 2.27. The molecule has 1 aliphatic rings. The third-order valence-electron chi connectivity index (χ3n) is 2.90. The molecule has 1 atom stereocenters. The Balaban J connectivity index is 2.09. The summed E-state index contributed by atoms with van der Waals surface area (Å²) in [7, 11) is 2.08. The number of anilines is 1. The quantitative estimate of drug-likeness (QED) is 0.619. The van der Waals surface area contributed by atoms with Crippen molar-refractivity contribution in [3.63, 3.8) is 0 Å². The molecule has 6 heteroatoms. The van der Waals surface area contributed by atoms with Crippen LogP contribution in [-0.2, 0) is 0 Å². The van der Waals surface area contributed by atoms with Crippen LogP contribution in [0.2, 0.25) is 0 Å². The van der Waals surface area contributed by atoms with E-state index in [1.165, 1.54) is 6.42 Å². The fourth-order valence-electron chi connectivity index (χ4n) is 2.09. The third-order valence-corrected chi connectivity index (χ3v) is 2.90. The van der Waals surface area contributed by atoms with Crippen molar-refractivity contribution in [1.29, 1.82) is 0 Å². The second kappa shape index (κ2) is 4.44. The Kier molecular flexibility index (Phi) is 3.00. The molecule has 1 aromatic heterocycles. The van der Waals surface area contributed by atoms with E-state index in [0.29, 0.717) is 6.04 Å². The smallest absolute Gasteiger partial charge is 0.190 e. The van der Waals surface area contributed by atoms with Crippen molar-refractivity contribution in [2.75, 3.05) is 19.0 Å². The van der Waals surface area contributed by atoms with Crippen LogP contribution in [0.15, 0.2) is 18.3 Å². The topological polar surface area (TPSA) is 71.3 Å². The molecule has 1 aliphatic heterocycles. The zero-order valence-corrected chi connectivity index (χ0v) is 9.09. The average Bonchev–Trinajstić information content (AvgIpc) is 2.65. The number of likely N-dealkylation sites (tertiary alicyclic amines) is 1. The Morgan fingerprint density at radius 3 is 2.94 bits per heavy atom. The summed E-state index contributed by atoms with van der Waals surface area (Å²) in [6, 6.07) is 3.94. The average molecular weight is 222 g/mol. The molecule has 16 heavy (non-hydrogen) atoms. The second-order valence-corrected chi connectivity index (χ2v) is 3.98. The highest BCUT2D eigenvalue weighted by atomic mass is 16.7. The molecule has 0 bridgehead atoms. The standard InChI is InChI=1S/C10H14N4O2/c1-13-6-2-3-9(13)8-4-5-10(11-7-8)12-14(15)16/h4-5,7,9H,2-3,6H2,1H3,(H,11,12). The van der Waals surface area contributed by atoms with Crippen LogP contribution in [0.5, 0.6) is 0 Å². The summed E-state index contributed by atoms with van der Waals surface area (Å²) >= 11 is 0. The number of rotatable bonds is 3. The van der Waals surface area contributed by atoms with Gasteiger partial charge in [0.2, 0.25) is 0 Å². The minimum Gasteiger partial charge on any atom is -0.299 e. The summed E-state index contributed by atoms with van der Waals surface area (Å²) in [5, 5.41) is 9.60. The zero-order chi connectivity index (χ0) is 11.5. The monoisotopic (exact) mass is 222 g/mol. The van der Waals surface area contributed by atoms with Gasteiger partial charge in [-0.1, -0.05) is 11.5 Å². The maximum atomic E-state index is 10.2. The van der Waals surface area contributed by atoms with Gasteiger partial charge in [-0.3, -0.25) is 4.90 Å². The maximum absolute atomic E-state index is 10.2. The Hall–Kier alpha value is -1.69. The summed E-state index contributed by atoms with van der Waals surface area (Å²) < 4.78 is 0. The van der Waals surface area contributed by atoms with Crippen LogP contribution in [0.3, 0.4) is 0 Å². The number of hydrazine groups is 1. The molecule has 0 aliphatic carbocycles. The fraction of sp³-hybridized carbons (Fsp3) is 0.500. The van der Waals surface area contributed by atoms with Gasteiger partial charge in [0.15, 0.2) is 10.9 Å². The van der Waals surface area contributed by atoms with Crippen LogP contribution in [0.25, 0.3) is 0 Å². The van der Waals surface area contributed by atoms with Crippen molar-refractivity contribution in [2.45, 2.75) is 18.9 Å². The molecule has 0 amide bonds. The van der Waals surface area contributed by atoms with E-state index >= 15 is 0 Å². The molecular weight excluding hydrogens is 208 g/mol. The van der Waals surface area contributed by atoms with E-state index in [1.807, 2.05) is 11.5 Å². The molecule has 0 spiro atoms. The van der Waals surface area contributed by atoms with E-state index in [9.17, 15) is 10.1 Å². The van der Waals surface area contributed by atoms with Gasteiger partial charge in [-0.25, -0.2) is 15.1 Å². The van der Waals surface area contributed by atoms with Crippen molar-refractivity contribution in [2.24, 2.45) is 0 Å². The first-order chi connectivity index (χ1) is 7.66. The molecule has 1 saturated heterocycles. The first-order valence-electron chi connectivity index (χ1n) is 5.24. The number of aromatic nitrogens is 1. The lowest BCUT2D eigenvalue weighted by Crippen LogP contribution is -2.17. The number of nitrogens with zero attached hydrogens (tertiary/aromatic N) is 3. The Labute approximate surface area is 93.4 Å². The minimum atomic E-state index is -0.607. The number of nitrogens with one attached hydrogen (secondary N) is 1. The summed E-state index contributed by atoms with van der Waals surface area (Å²) in [5.74, 6) is 0.273. The van der Waals surface area contributed by atoms with E-state index in [2.05, 4.69) is 16.9 Å². The molecule has 6 nitrogen and oxygen atoms in total. The lowest BCUT2D eigenvalue weighted by Gasteiger charge is -2.19. The van der Waals surface area contributed by atoms with Crippen LogP contribution in [0, 0.1) is 10.1 Å². The van der Waals surface area contributed by atoms with Gasteiger partial charge in [-0.05, 0) is 38.1 Å². The van der Waals surface area contributed by atoms with Crippen LogP contribution in [-0.4, -0.2) is 28.5 Å². The van der Waals surface area contributed by atoms with Crippen molar-refractivity contribution in [3.05, 3.63) is 34.0 Å². The number of nitro groups is 1. The molecule has 0 aromatic carbocycles. The van der Waals surface area contributed by atoms with Crippen LogP contribution in [0.1, 0.15) is 24.4 Å². The summed E-state index contributed by atoms with van der Waals surface area (Å²) in [6.45, 7) is 1.10. The highest BCUT2D eigenvalue weighted by molar-refractivity contribution is 5.33. The van der Waals surface area contributed by atoms with E-state index in [4.69, 9.17) is 0 Å². The van der Waals surface area contributed by atoms with Crippen molar-refractivity contribution >= 4 is 5.82 Å². The molecule has 0 saturated carbocycles. The van der Waals surface area contributed by atoms with E-state index in [-0.39, 0.29) is 5.82 Å². The highest BCUT2D eigenvalue weighted by Crippen LogP contribution is 2.29. The summed E-state index contributed by atoms with van der Waals surface area (Å²) in [6.07, 6.45) is 4.02. The Morgan fingerprint density at radius 2 is 2.44 bits per heavy atom. The minimum absolute atomic E-state index is 0.273. The fourth-order valence-corrected chi connectivity index (χ4v) is 2.09. The summed E-state index contributed by atoms with van der Waals surface area (Å²) in [5.41, 5.74) is 3.15. The molecular formula is C10H14N4O2. The highest BCUT2D eigenvalue weighted by Gasteiger charge is 2.22. The Morgan fingerprint density at radius 1 is 1.62 bits per heavy atom. The van der Waals surface area contributed by atoms with Crippen LogP contribution < -0.4 is 5.43 Å². The van der Waals surface area contributed by atoms with Gasteiger partial charge in [0.1, 0.15) is 0 Å². The molecule has 1 N–H and O–H groups in total. The first kappa shape index (κ1) is 10.8. The number of hydrogen-bond donors (Lipinski definition) is 1. The predicted octanol–water partition coefficient (Wildman–Crippen LogP) is 1.45. The molecule has 2 rings (SSSR count). The van der Waals surface area contributed by atoms with Crippen LogP contribution in [0.4, 0.5) is 5.82 Å². The van der Waals surface area contributed by atoms with Crippen LogP contribution >= 0.6 is 0 Å². The van der Waals surface area contributed by atoms with Gasteiger partial charge in [0.05, 0.1) is 0 Å². The SMILES string of the molecule is CN1CCCC1c1ccc(N[N+](=O)[O-])nc1. The number of pyridine rings is 1. The van der Waals surface area contributed by atoms with Gasteiger partial charge in [0.25, 0.3) is 0 Å². The Bertz CT molecular complexity index is 379. The normalized spacial score (nSPS) is 20.9.